The van der Waals surface area contributed by atoms with E-state index in [0.29, 0.717) is 43.0 Å². The molecule has 1 fully saturated rings. The average molecular weight is 403 g/mol. The van der Waals surface area contributed by atoms with Crippen LogP contribution in [0.15, 0.2) is 29.3 Å². The maximum Gasteiger partial charge on any atom is 0.253 e. The molecular weight excluding hydrogens is 368 g/mol. The number of benzene rings is 1. The van der Waals surface area contributed by atoms with Gasteiger partial charge in [0.2, 0.25) is 0 Å². The smallest absolute Gasteiger partial charge is 0.253 e. The number of nitrogens with two attached hydrogens (primary N) is 1. The van der Waals surface area contributed by atoms with E-state index in [1.54, 1.807) is 19.2 Å². The zero-order valence-corrected chi connectivity index (χ0v) is 18.0. The highest BCUT2D eigenvalue weighted by molar-refractivity contribution is 5.94. The summed E-state index contributed by atoms with van der Waals surface area (Å²) >= 11 is 0. The van der Waals surface area contributed by atoms with Crippen LogP contribution in [0.4, 0.5) is 0 Å². The van der Waals surface area contributed by atoms with Crippen molar-refractivity contribution in [3.8, 4) is 5.75 Å². The Labute approximate surface area is 173 Å². The van der Waals surface area contributed by atoms with Crippen molar-refractivity contribution in [2.24, 2.45) is 22.6 Å². The summed E-state index contributed by atoms with van der Waals surface area (Å²) in [5.41, 5.74) is 6.28. The van der Waals surface area contributed by atoms with Crippen molar-refractivity contribution in [3.05, 3.63) is 29.8 Å². The highest BCUT2D eigenvalue weighted by Crippen LogP contribution is 2.33. The van der Waals surface area contributed by atoms with Crippen LogP contribution in [-0.4, -0.2) is 65.3 Å². The predicted molar refractivity (Wildman–Crippen MR) is 114 cm³/mol. The van der Waals surface area contributed by atoms with Crippen LogP contribution in [0.1, 0.15) is 50.4 Å². The van der Waals surface area contributed by atoms with Crippen LogP contribution in [0.25, 0.3) is 0 Å². The Morgan fingerprint density at radius 2 is 1.93 bits per heavy atom. The van der Waals surface area contributed by atoms with E-state index in [4.69, 9.17) is 10.5 Å². The van der Waals surface area contributed by atoms with Crippen LogP contribution in [0.3, 0.4) is 0 Å². The first-order valence-electron chi connectivity index (χ1n) is 10.5. The fraction of sp³-hybridized carbons (Fsp3) is 0.636. The van der Waals surface area contributed by atoms with E-state index in [2.05, 4.69) is 18.8 Å². The number of aliphatic hydroxyl groups excluding tert-OH is 1. The Balaban J connectivity index is 1.54. The summed E-state index contributed by atoms with van der Waals surface area (Å²) in [4.78, 5) is 21.1. The lowest BCUT2D eigenvalue weighted by Gasteiger charge is -2.37. The maximum absolute atomic E-state index is 12.7. The molecule has 3 rings (SSSR count). The van der Waals surface area contributed by atoms with Crippen LogP contribution in [0.5, 0.6) is 5.75 Å². The maximum atomic E-state index is 12.7. The molecule has 1 saturated heterocycles. The van der Waals surface area contributed by atoms with E-state index >= 15 is 0 Å². The number of aliphatic hydroxyl groups is 1. The van der Waals surface area contributed by atoms with Gasteiger partial charge in [-0.05, 0) is 62.3 Å². The molecule has 1 aromatic carbocycles. The van der Waals surface area contributed by atoms with Crippen molar-refractivity contribution in [1.82, 2.24) is 9.80 Å². The first kappa shape index (κ1) is 21.4. The minimum absolute atomic E-state index is 0.0536. The van der Waals surface area contributed by atoms with Gasteiger partial charge in [-0.1, -0.05) is 13.8 Å². The van der Waals surface area contributed by atoms with E-state index in [1.165, 1.54) is 0 Å². The number of methoxy groups -OCH3 is 1. The minimum Gasteiger partial charge on any atom is -0.497 e. The van der Waals surface area contributed by atoms with Crippen molar-refractivity contribution < 1.29 is 14.6 Å². The second-order valence-corrected chi connectivity index (χ2v) is 8.92. The Bertz CT molecular complexity index is 741. The van der Waals surface area contributed by atoms with Crippen molar-refractivity contribution in [2.45, 2.75) is 51.8 Å². The summed E-state index contributed by atoms with van der Waals surface area (Å²) < 4.78 is 5.15. The van der Waals surface area contributed by atoms with Gasteiger partial charge in [-0.2, -0.15) is 0 Å². The van der Waals surface area contributed by atoms with Gasteiger partial charge in [-0.3, -0.25) is 4.79 Å². The number of carbonyl (C=O) groups is 1. The molecule has 1 amide bonds. The van der Waals surface area contributed by atoms with Gasteiger partial charge in [-0.25, -0.2) is 4.99 Å². The van der Waals surface area contributed by atoms with Gasteiger partial charge in [-0.15, -0.1) is 0 Å². The number of likely N-dealkylation sites (tertiary alicyclic amines) is 1. The van der Waals surface area contributed by atoms with Gasteiger partial charge in [0, 0.05) is 25.2 Å². The molecule has 7 nitrogen and oxygen atoms in total. The molecule has 0 radical (unpaired) electrons. The highest BCUT2D eigenvalue weighted by atomic mass is 16.5. The fourth-order valence-corrected chi connectivity index (χ4v) is 4.53. The van der Waals surface area contributed by atoms with E-state index in [-0.39, 0.29) is 5.91 Å². The van der Waals surface area contributed by atoms with E-state index in [0.717, 1.165) is 25.0 Å². The lowest BCUT2D eigenvalue weighted by atomic mass is 9.89. The molecule has 2 aliphatic heterocycles. The molecule has 160 valence electrons. The molecular formula is C22H34N4O3. The molecule has 2 heterocycles. The summed E-state index contributed by atoms with van der Waals surface area (Å²) in [6, 6.07) is 7.23. The average Bonchev–Trinajstić information content (AvgIpc) is 2.90. The summed E-state index contributed by atoms with van der Waals surface area (Å²) in [5, 5.41) is 10.8. The third kappa shape index (κ3) is 4.66. The monoisotopic (exact) mass is 402 g/mol. The molecule has 0 spiro atoms. The minimum atomic E-state index is -0.691. The molecule has 0 saturated carbocycles. The van der Waals surface area contributed by atoms with Gasteiger partial charge < -0.3 is 25.4 Å². The topological polar surface area (TPSA) is 91.4 Å². The molecule has 2 aliphatic rings. The zero-order valence-electron chi connectivity index (χ0n) is 18.0. The molecule has 0 aliphatic carbocycles. The number of piperidine rings is 1. The summed E-state index contributed by atoms with van der Waals surface area (Å²) in [5.74, 6) is 2.03. The number of nitrogens with zero attached hydrogens (tertiary/aromatic N) is 3. The van der Waals surface area contributed by atoms with E-state index in [1.807, 2.05) is 28.9 Å². The number of guanidine groups is 1. The zero-order chi connectivity index (χ0) is 21.2. The Morgan fingerprint density at radius 3 is 2.48 bits per heavy atom. The molecule has 2 unspecified atom stereocenters. The first-order chi connectivity index (χ1) is 13.7. The number of hydrogen-bond donors (Lipinski definition) is 2. The van der Waals surface area contributed by atoms with Crippen molar-refractivity contribution in [1.29, 1.82) is 0 Å². The SMILES string of the molecule is COc1ccc(C(=O)N2CCC(CN3C(N)=NC(C)(CC(C)C)C3O)CC2)cc1. The van der Waals surface area contributed by atoms with Crippen LogP contribution in [0.2, 0.25) is 0 Å². The van der Waals surface area contributed by atoms with Gasteiger partial charge in [0.15, 0.2) is 12.2 Å². The number of ether oxygens (including phenoxy) is 1. The summed E-state index contributed by atoms with van der Waals surface area (Å²) in [6.07, 6.45) is 1.88. The summed E-state index contributed by atoms with van der Waals surface area (Å²) in [7, 11) is 1.61. The third-order valence-corrected chi connectivity index (χ3v) is 6.03. The third-order valence-electron chi connectivity index (χ3n) is 6.03. The second-order valence-electron chi connectivity index (χ2n) is 8.92. The Kier molecular flexibility index (Phi) is 6.36. The Hall–Kier alpha value is -2.28. The molecule has 7 heteroatoms. The van der Waals surface area contributed by atoms with Gasteiger partial charge in [0.1, 0.15) is 11.3 Å². The highest BCUT2D eigenvalue weighted by Gasteiger charge is 2.44. The van der Waals surface area contributed by atoms with Crippen molar-refractivity contribution in [2.75, 3.05) is 26.7 Å². The fourth-order valence-electron chi connectivity index (χ4n) is 4.53. The van der Waals surface area contributed by atoms with E-state index < -0.39 is 11.8 Å². The quantitative estimate of drug-likeness (QED) is 0.762. The van der Waals surface area contributed by atoms with Gasteiger partial charge in [0.25, 0.3) is 5.91 Å². The lowest BCUT2D eigenvalue weighted by molar-refractivity contribution is -0.00642. The lowest BCUT2D eigenvalue weighted by Crippen LogP contribution is -2.50. The standard InChI is InChI=1S/C22H34N4O3/c1-15(2)13-22(3)20(28)26(21(23)24-22)14-16-9-11-25(12-10-16)19(27)17-5-7-18(29-4)8-6-17/h5-8,15-16,20,28H,9-14H2,1-4H3,(H2,23,24). The molecule has 0 bridgehead atoms. The van der Waals surface area contributed by atoms with Crippen LogP contribution in [0, 0.1) is 11.8 Å². The number of hydrogen-bond acceptors (Lipinski definition) is 6. The normalized spacial score (nSPS) is 25.4. The number of rotatable bonds is 6. The number of amides is 1. The van der Waals surface area contributed by atoms with Crippen LogP contribution in [-0.2, 0) is 0 Å². The van der Waals surface area contributed by atoms with Crippen molar-refractivity contribution >= 4 is 11.9 Å². The van der Waals surface area contributed by atoms with Gasteiger partial charge >= 0.3 is 0 Å². The molecule has 1 aromatic rings. The van der Waals surface area contributed by atoms with E-state index in [9.17, 15) is 9.90 Å². The van der Waals surface area contributed by atoms with Crippen molar-refractivity contribution in [3.63, 3.8) is 0 Å². The predicted octanol–water partition coefficient (Wildman–Crippen LogP) is 2.30. The largest absolute Gasteiger partial charge is 0.497 e. The molecule has 2 atom stereocenters. The molecule has 3 N–H and O–H groups in total. The molecule has 29 heavy (non-hydrogen) atoms. The van der Waals surface area contributed by atoms with Crippen LogP contribution < -0.4 is 10.5 Å². The van der Waals surface area contributed by atoms with Crippen LogP contribution >= 0.6 is 0 Å². The molecule has 0 aromatic heterocycles. The van der Waals surface area contributed by atoms with Gasteiger partial charge in [0.05, 0.1) is 7.11 Å². The summed E-state index contributed by atoms with van der Waals surface area (Å²) in [6.45, 7) is 8.32. The number of carbonyl (C=O) groups excluding carboxylic acids is 1. The number of aliphatic imine (C=N–C) groups is 1. The first-order valence-corrected chi connectivity index (χ1v) is 10.5. The Morgan fingerprint density at radius 1 is 1.31 bits per heavy atom. The second kappa shape index (κ2) is 8.61.